The molecular weight excluding hydrogens is 284 g/mol. The van der Waals surface area contributed by atoms with Gasteiger partial charge in [0.1, 0.15) is 5.75 Å². The van der Waals surface area contributed by atoms with E-state index in [9.17, 15) is 0 Å². The summed E-state index contributed by atoms with van der Waals surface area (Å²) in [5.41, 5.74) is 1.24. The second-order valence-corrected chi connectivity index (χ2v) is 6.55. The average Bonchev–Trinajstić information content (AvgIpc) is 2.48. The maximum Gasteiger partial charge on any atom is 0.137 e. The van der Waals surface area contributed by atoms with Crippen molar-refractivity contribution in [3.63, 3.8) is 0 Å². The third kappa shape index (κ3) is 4.87. The van der Waals surface area contributed by atoms with E-state index in [4.69, 9.17) is 16.3 Å². The van der Waals surface area contributed by atoms with Crippen LogP contribution in [0, 0.1) is 0 Å². The predicted molar refractivity (Wildman–Crippen MR) is 89.2 cm³/mol. The molecule has 21 heavy (non-hydrogen) atoms. The first-order chi connectivity index (χ1) is 10.1. The Kier molecular flexibility index (Phi) is 6.34. The molecule has 2 rings (SSSR count). The molecule has 3 nitrogen and oxygen atoms in total. The number of nitrogens with one attached hydrogen (secondary N) is 1. The van der Waals surface area contributed by atoms with Crippen LogP contribution in [0.1, 0.15) is 38.7 Å². The van der Waals surface area contributed by atoms with Crippen molar-refractivity contribution >= 4 is 11.6 Å². The standard InChI is InChI=1S/C17H27ClN2O/c1-13(2)20(12-15-6-4-5-9-19-15)11-14-7-8-17(21-3)16(18)10-14/h7-8,10,13,15,19H,4-6,9,11-12H2,1-3H3. The molecule has 0 aliphatic carbocycles. The van der Waals surface area contributed by atoms with Crippen LogP contribution in [0.25, 0.3) is 0 Å². The highest BCUT2D eigenvalue weighted by Gasteiger charge is 2.19. The SMILES string of the molecule is COc1ccc(CN(CC2CCCCN2)C(C)C)cc1Cl. The van der Waals surface area contributed by atoms with Crippen LogP contribution in [0.2, 0.25) is 5.02 Å². The van der Waals surface area contributed by atoms with Gasteiger partial charge in [-0.3, -0.25) is 4.90 Å². The highest BCUT2D eigenvalue weighted by molar-refractivity contribution is 6.32. The van der Waals surface area contributed by atoms with Crippen LogP contribution in [-0.4, -0.2) is 37.2 Å². The molecule has 0 bridgehead atoms. The highest BCUT2D eigenvalue weighted by Crippen LogP contribution is 2.26. The maximum atomic E-state index is 6.23. The molecule has 118 valence electrons. The highest BCUT2D eigenvalue weighted by atomic mass is 35.5. The van der Waals surface area contributed by atoms with Gasteiger partial charge in [-0.25, -0.2) is 0 Å². The Hall–Kier alpha value is -0.770. The van der Waals surface area contributed by atoms with Gasteiger partial charge in [0.25, 0.3) is 0 Å². The summed E-state index contributed by atoms with van der Waals surface area (Å²) >= 11 is 6.23. The summed E-state index contributed by atoms with van der Waals surface area (Å²) in [6, 6.07) is 7.22. The molecule has 0 saturated carbocycles. The van der Waals surface area contributed by atoms with Crippen molar-refractivity contribution in [2.45, 2.75) is 51.7 Å². The topological polar surface area (TPSA) is 24.5 Å². The van der Waals surface area contributed by atoms with E-state index in [0.717, 1.165) is 25.4 Å². The summed E-state index contributed by atoms with van der Waals surface area (Å²) in [6.45, 7) is 7.70. The number of halogens is 1. The minimum absolute atomic E-state index is 0.523. The largest absolute Gasteiger partial charge is 0.495 e. The van der Waals surface area contributed by atoms with Crippen molar-refractivity contribution in [2.24, 2.45) is 0 Å². The number of benzene rings is 1. The number of ether oxygens (including phenoxy) is 1. The summed E-state index contributed by atoms with van der Waals surface area (Å²) in [6.07, 6.45) is 3.94. The first kappa shape index (κ1) is 16.6. The number of rotatable bonds is 6. The number of hydrogen-bond acceptors (Lipinski definition) is 3. The molecule has 0 aromatic heterocycles. The number of methoxy groups -OCH3 is 1. The van der Waals surface area contributed by atoms with Crippen LogP contribution >= 0.6 is 11.6 Å². The Morgan fingerprint density at radius 1 is 1.38 bits per heavy atom. The molecule has 1 N–H and O–H groups in total. The Bertz CT molecular complexity index is 444. The lowest BCUT2D eigenvalue weighted by molar-refractivity contribution is 0.177. The zero-order valence-corrected chi connectivity index (χ0v) is 14.1. The van der Waals surface area contributed by atoms with Crippen LogP contribution in [-0.2, 0) is 6.54 Å². The molecule has 0 amide bonds. The van der Waals surface area contributed by atoms with Gasteiger partial charge in [0, 0.05) is 25.2 Å². The van der Waals surface area contributed by atoms with E-state index in [1.165, 1.54) is 24.8 Å². The van der Waals surface area contributed by atoms with Crippen molar-refractivity contribution < 1.29 is 4.74 Å². The summed E-state index contributed by atoms with van der Waals surface area (Å²) in [4.78, 5) is 2.52. The average molecular weight is 311 g/mol. The number of hydrogen-bond donors (Lipinski definition) is 1. The van der Waals surface area contributed by atoms with Crippen molar-refractivity contribution in [3.8, 4) is 5.75 Å². The molecule has 1 fully saturated rings. The molecule has 1 unspecified atom stereocenters. The molecule has 0 spiro atoms. The molecule has 1 atom stereocenters. The fourth-order valence-corrected chi connectivity index (χ4v) is 3.14. The van der Waals surface area contributed by atoms with E-state index >= 15 is 0 Å². The Labute approximate surface area is 133 Å². The summed E-state index contributed by atoms with van der Waals surface area (Å²) in [7, 11) is 1.65. The molecule has 1 aliphatic rings. The Balaban J connectivity index is 2.00. The molecule has 0 radical (unpaired) electrons. The lowest BCUT2D eigenvalue weighted by Crippen LogP contribution is -2.45. The van der Waals surface area contributed by atoms with Crippen molar-refractivity contribution in [2.75, 3.05) is 20.2 Å². The summed E-state index contributed by atoms with van der Waals surface area (Å²) in [5, 5.41) is 4.32. The third-order valence-electron chi connectivity index (χ3n) is 4.20. The first-order valence-electron chi connectivity index (χ1n) is 7.90. The second kappa shape index (κ2) is 8.02. The fourth-order valence-electron chi connectivity index (χ4n) is 2.86. The number of nitrogens with zero attached hydrogens (tertiary/aromatic N) is 1. The van der Waals surface area contributed by atoms with E-state index in [2.05, 4.69) is 30.1 Å². The zero-order valence-electron chi connectivity index (χ0n) is 13.4. The predicted octanol–water partition coefficient (Wildman–Crippen LogP) is 3.70. The van der Waals surface area contributed by atoms with Crippen molar-refractivity contribution in [3.05, 3.63) is 28.8 Å². The Morgan fingerprint density at radius 2 is 2.19 bits per heavy atom. The molecule has 4 heteroatoms. The van der Waals surface area contributed by atoms with E-state index in [0.29, 0.717) is 17.1 Å². The quantitative estimate of drug-likeness (QED) is 0.867. The zero-order chi connectivity index (χ0) is 15.2. The van der Waals surface area contributed by atoms with E-state index in [-0.39, 0.29) is 0 Å². The minimum Gasteiger partial charge on any atom is -0.495 e. The number of piperidine rings is 1. The summed E-state index contributed by atoms with van der Waals surface area (Å²) < 4.78 is 5.22. The molecular formula is C17H27ClN2O. The molecule has 1 saturated heterocycles. The van der Waals surface area contributed by atoms with Gasteiger partial charge in [0.2, 0.25) is 0 Å². The third-order valence-corrected chi connectivity index (χ3v) is 4.49. The maximum absolute atomic E-state index is 6.23. The molecule has 1 aliphatic heterocycles. The van der Waals surface area contributed by atoms with E-state index in [1.54, 1.807) is 7.11 Å². The van der Waals surface area contributed by atoms with Gasteiger partial charge in [0.15, 0.2) is 0 Å². The van der Waals surface area contributed by atoms with Gasteiger partial charge < -0.3 is 10.1 Å². The van der Waals surface area contributed by atoms with Crippen LogP contribution in [0.4, 0.5) is 0 Å². The molecule has 1 heterocycles. The lowest BCUT2D eigenvalue weighted by Gasteiger charge is -2.33. The lowest BCUT2D eigenvalue weighted by atomic mass is 10.0. The van der Waals surface area contributed by atoms with Crippen LogP contribution < -0.4 is 10.1 Å². The smallest absolute Gasteiger partial charge is 0.137 e. The summed E-state index contributed by atoms with van der Waals surface area (Å²) in [5.74, 6) is 0.741. The fraction of sp³-hybridized carbons (Fsp3) is 0.647. The Morgan fingerprint density at radius 3 is 2.76 bits per heavy atom. The van der Waals surface area contributed by atoms with E-state index in [1.807, 2.05) is 12.1 Å². The van der Waals surface area contributed by atoms with Gasteiger partial charge in [-0.1, -0.05) is 24.1 Å². The van der Waals surface area contributed by atoms with Gasteiger partial charge in [-0.15, -0.1) is 0 Å². The second-order valence-electron chi connectivity index (χ2n) is 6.14. The molecule has 1 aromatic carbocycles. The normalized spacial score (nSPS) is 19.2. The van der Waals surface area contributed by atoms with E-state index < -0.39 is 0 Å². The van der Waals surface area contributed by atoms with Crippen molar-refractivity contribution in [1.29, 1.82) is 0 Å². The van der Waals surface area contributed by atoms with Gasteiger partial charge in [0.05, 0.1) is 12.1 Å². The van der Waals surface area contributed by atoms with Gasteiger partial charge in [-0.2, -0.15) is 0 Å². The van der Waals surface area contributed by atoms with Crippen LogP contribution in [0.3, 0.4) is 0 Å². The van der Waals surface area contributed by atoms with Gasteiger partial charge >= 0.3 is 0 Å². The van der Waals surface area contributed by atoms with Crippen LogP contribution in [0.15, 0.2) is 18.2 Å². The van der Waals surface area contributed by atoms with Crippen LogP contribution in [0.5, 0.6) is 5.75 Å². The van der Waals surface area contributed by atoms with Crippen molar-refractivity contribution in [1.82, 2.24) is 10.2 Å². The van der Waals surface area contributed by atoms with Gasteiger partial charge in [-0.05, 0) is 50.9 Å². The molecule has 1 aromatic rings. The first-order valence-corrected chi connectivity index (χ1v) is 8.27. The minimum atomic E-state index is 0.523. The monoisotopic (exact) mass is 310 g/mol.